The molecule has 4 amide bonds. The quantitative estimate of drug-likeness (QED) is 0.389. The van der Waals surface area contributed by atoms with Gasteiger partial charge in [0, 0.05) is 38.2 Å². The first-order valence-corrected chi connectivity index (χ1v) is 15.1. The van der Waals surface area contributed by atoms with E-state index in [9.17, 15) is 23.6 Å². The lowest BCUT2D eigenvalue weighted by Gasteiger charge is -2.38. The van der Waals surface area contributed by atoms with Crippen molar-refractivity contribution in [2.24, 2.45) is 39.5 Å². The number of hydrogen-bond donors (Lipinski definition) is 3. The lowest BCUT2D eigenvalue weighted by atomic mass is 9.85. The van der Waals surface area contributed by atoms with Crippen LogP contribution in [-0.2, 0) is 19.2 Å². The molecule has 4 fully saturated rings. The Morgan fingerprint density at radius 2 is 1.86 bits per heavy atom. The van der Waals surface area contributed by atoms with Crippen molar-refractivity contribution < 1.29 is 23.6 Å². The predicted molar refractivity (Wildman–Crippen MR) is 157 cm³/mol. The van der Waals surface area contributed by atoms with Gasteiger partial charge < -0.3 is 20.9 Å². The summed E-state index contributed by atoms with van der Waals surface area (Å²) in [7, 11) is 1.64. The summed E-state index contributed by atoms with van der Waals surface area (Å²) in [4.78, 5) is 59.4. The number of likely N-dealkylation sites (tertiary alicyclic amines) is 1. The molecular formula is C32H44FN5O4. The largest absolute Gasteiger partial charge is 0.356 e. The monoisotopic (exact) mass is 581 g/mol. The van der Waals surface area contributed by atoms with E-state index in [1.165, 1.54) is 12.1 Å². The van der Waals surface area contributed by atoms with E-state index in [2.05, 4.69) is 34.8 Å². The molecule has 8 atom stereocenters. The van der Waals surface area contributed by atoms with Crippen LogP contribution in [-0.4, -0.2) is 73.0 Å². The highest BCUT2D eigenvalue weighted by Gasteiger charge is 2.70. The summed E-state index contributed by atoms with van der Waals surface area (Å²) < 4.78 is 13.4. The molecule has 3 N–H and O–H groups in total. The molecule has 2 saturated heterocycles. The van der Waals surface area contributed by atoms with Crippen molar-refractivity contribution >= 4 is 29.8 Å². The van der Waals surface area contributed by atoms with E-state index < -0.39 is 23.5 Å². The SMILES string of the molecule is CN=C[C@H](C[C@@H]1CCNC1=O)NC(=O)[C@@H]1[C@@H]2[C@H](CN1C(=O)[C@@H](NC(=O)[C@@H]1C[C@H]1c1ccc(F)cc1)C(C)(C)C)C2(C)C. The van der Waals surface area contributed by atoms with Gasteiger partial charge in [0.25, 0.3) is 0 Å². The molecule has 5 rings (SSSR count). The van der Waals surface area contributed by atoms with Gasteiger partial charge in [0.1, 0.15) is 17.9 Å². The smallest absolute Gasteiger partial charge is 0.246 e. The van der Waals surface area contributed by atoms with Crippen molar-refractivity contribution in [1.29, 1.82) is 0 Å². The summed E-state index contributed by atoms with van der Waals surface area (Å²) in [5.74, 6) is -1.30. The highest BCUT2D eigenvalue weighted by Crippen LogP contribution is 2.65. The highest BCUT2D eigenvalue weighted by molar-refractivity contribution is 5.95. The molecule has 10 heteroatoms. The number of rotatable bonds is 9. The number of carbonyl (C=O) groups excluding carboxylic acids is 4. The standard InChI is InChI=1S/C32H44FN5O4/c1-31(2,3)26(37-28(40)22-14-21(22)17-7-9-19(33)10-8-17)30(42)38-16-23-24(32(23,4)5)25(38)29(41)36-20(15-34-6)13-18-11-12-35-27(18)39/h7-10,15,18,20-26H,11-14,16H2,1-6H3,(H,35,39)(H,36,41)(H,37,40)/t18-,20-,21-,22+,23-,24-,25-,26+/m0/s1. The van der Waals surface area contributed by atoms with Gasteiger partial charge in [-0.2, -0.15) is 0 Å². The van der Waals surface area contributed by atoms with Gasteiger partial charge in [0.05, 0.1) is 6.04 Å². The summed E-state index contributed by atoms with van der Waals surface area (Å²) in [6.45, 7) is 11.1. The Balaban J connectivity index is 1.30. The number of halogens is 1. The van der Waals surface area contributed by atoms with E-state index in [-0.39, 0.29) is 64.5 Å². The average molecular weight is 582 g/mol. The van der Waals surface area contributed by atoms with Crippen LogP contribution in [0.3, 0.4) is 0 Å². The zero-order valence-corrected chi connectivity index (χ0v) is 25.4. The molecule has 1 aromatic rings. The Hall–Kier alpha value is -3.30. The molecule has 4 aliphatic rings. The van der Waals surface area contributed by atoms with Gasteiger partial charge in [-0.1, -0.05) is 46.8 Å². The molecule has 42 heavy (non-hydrogen) atoms. The minimum atomic E-state index is -0.814. The molecule has 2 aliphatic carbocycles. The second-order valence-electron chi connectivity index (χ2n) is 14.2. The maximum atomic E-state index is 14.2. The zero-order valence-electron chi connectivity index (χ0n) is 25.4. The van der Waals surface area contributed by atoms with E-state index in [0.717, 1.165) is 5.56 Å². The summed E-state index contributed by atoms with van der Waals surface area (Å²) in [6, 6.07) is 4.30. The van der Waals surface area contributed by atoms with Gasteiger partial charge in [-0.05, 0) is 65.5 Å². The van der Waals surface area contributed by atoms with Crippen LogP contribution in [0, 0.1) is 40.3 Å². The number of nitrogens with zero attached hydrogens (tertiary/aromatic N) is 2. The fourth-order valence-electron chi connectivity index (χ4n) is 7.22. The van der Waals surface area contributed by atoms with Crippen molar-refractivity contribution in [3.8, 4) is 0 Å². The molecule has 9 nitrogen and oxygen atoms in total. The number of hydrogen-bond acceptors (Lipinski definition) is 5. The molecular weight excluding hydrogens is 537 g/mol. The van der Waals surface area contributed by atoms with E-state index in [0.29, 0.717) is 32.4 Å². The minimum Gasteiger partial charge on any atom is -0.356 e. The number of fused-ring (bicyclic) bond motifs is 1. The second kappa shape index (κ2) is 11.1. The molecule has 0 aromatic heterocycles. The molecule has 228 valence electrons. The molecule has 0 unspecified atom stereocenters. The van der Waals surface area contributed by atoms with E-state index in [1.807, 2.05) is 20.8 Å². The van der Waals surface area contributed by atoms with Crippen LogP contribution >= 0.6 is 0 Å². The van der Waals surface area contributed by atoms with E-state index in [1.54, 1.807) is 30.3 Å². The fraction of sp³-hybridized carbons (Fsp3) is 0.656. The number of nitrogens with one attached hydrogen (secondary N) is 3. The Kier molecular flexibility index (Phi) is 7.96. The first-order chi connectivity index (χ1) is 19.7. The topological polar surface area (TPSA) is 120 Å². The minimum absolute atomic E-state index is 0.000751. The normalized spacial score (nSPS) is 30.8. The average Bonchev–Trinajstić information content (AvgIpc) is 3.66. The van der Waals surface area contributed by atoms with Crippen molar-refractivity contribution in [1.82, 2.24) is 20.9 Å². The number of piperidine rings is 1. The summed E-state index contributed by atoms with van der Waals surface area (Å²) in [5.41, 5.74) is 0.243. The van der Waals surface area contributed by atoms with Crippen LogP contribution in [0.25, 0.3) is 0 Å². The Morgan fingerprint density at radius 1 is 1.17 bits per heavy atom. The van der Waals surface area contributed by atoms with Gasteiger partial charge in [-0.25, -0.2) is 4.39 Å². The summed E-state index contributed by atoms with van der Waals surface area (Å²) >= 11 is 0. The predicted octanol–water partition coefficient (Wildman–Crippen LogP) is 2.65. The first kappa shape index (κ1) is 30.2. The second-order valence-corrected chi connectivity index (χ2v) is 14.2. The number of carbonyl (C=O) groups is 4. The molecule has 0 radical (unpaired) electrons. The van der Waals surface area contributed by atoms with Crippen molar-refractivity contribution in [3.05, 3.63) is 35.6 Å². The van der Waals surface area contributed by atoms with Crippen LogP contribution in [0.15, 0.2) is 29.3 Å². The molecule has 0 bridgehead atoms. The molecule has 1 aromatic carbocycles. The first-order valence-electron chi connectivity index (χ1n) is 15.1. The number of aliphatic imine (C=N–C) groups is 1. The van der Waals surface area contributed by atoms with Gasteiger partial charge in [0.15, 0.2) is 0 Å². The van der Waals surface area contributed by atoms with Gasteiger partial charge in [-0.15, -0.1) is 0 Å². The Bertz CT molecular complexity index is 1270. The number of benzene rings is 1. The number of amides is 4. The van der Waals surface area contributed by atoms with Crippen LogP contribution in [0.4, 0.5) is 4.39 Å². The van der Waals surface area contributed by atoms with Gasteiger partial charge >= 0.3 is 0 Å². The Labute approximate surface area is 247 Å². The summed E-state index contributed by atoms with van der Waals surface area (Å²) in [5, 5.41) is 8.96. The van der Waals surface area contributed by atoms with Crippen LogP contribution in [0.1, 0.15) is 65.4 Å². The lowest BCUT2D eigenvalue weighted by molar-refractivity contribution is -0.145. The maximum absolute atomic E-state index is 14.2. The third-order valence-corrected chi connectivity index (χ3v) is 9.94. The highest BCUT2D eigenvalue weighted by atomic mass is 19.1. The summed E-state index contributed by atoms with van der Waals surface area (Å²) in [6.07, 6.45) is 3.47. The van der Waals surface area contributed by atoms with E-state index >= 15 is 0 Å². The van der Waals surface area contributed by atoms with Crippen molar-refractivity contribution in [2.75, 3.05) is 20.1 Å². The molecule has 0 spiro atoms. The maximum Gasteiger partial charge on any atom is 0.246 e. The molecule has 2 aliphatic heterocycles. The zero-order chi connectivity index (χ0) is 30.6. The van der Waals surface area contributed by atoms with Gasteiger partial charge in [-0.3, -0.25) is 24.2 Å². The fourth-order valence-corrected chi connectivity index (χ4v) is 7.22. The lowest BCUT2D eigenvalue weighted by Crippen LogP contribution is -2.60. The third kappa shape index (κ3) is 5.81. The van der Waals surface area contributed by atoms with Crippen molar-refractivity contribution in [2.45, 2.75) is 77.9 Å². The van der Waals surface area contributed by atoms with Crippen LogP contribution < -0.4 is 16.0 Å². The van der Waals surface area contributed by atoms with Crippen LogP contribution in [0.5, 0.6) is 0 Å². The van der Waals surface area contributed by atoms with E-state index in [4.69, 9.17) is 0 Å². The Morgan fingerprint density at radius 3 is 2.45 bits per heavy atom. The van der Waals surface area contributed by atoms with Crippen molar-refractivity contribution in [3.63, 3.8) is 0 Å². The molecule has 2 heterocycles. The third-order valence-electron chi connectivity index (χ3n) is 9.94. The van der Waals surface area contributed by atoms with Crippen LogP contribution in [0.2, 0.25) is 0 Å². The van der Waals surface area contributed by atoms with Gasteiger partial charge in [0.2, 0.25) is 23.6 Å². The molecule has 2 saturated carbocycles.